The molecular weight excluding hydrogens is 354 g/mol. The number of aliphatic hydroxyl groups is 1. The molecule has 0 bridgehead atoms. The highest BCUT2D eigenvalue weighted by Crippen LogP contribution is 2.24. The molecular formula is C19H23NO5S. The average Bonchev–Trinajstić information content (AvgIpc) is 2.65. The van der Waals surface area contributed by atoms with Gasteiger partial charge in [0.15, 0.2) is 0 Å². The van der Waals surface area contributed by atoms with Crippen molar-refractivity contribution in [1.82, 2.24) is 0 Å². The molecule has 0 saturated carbocycles. The fourth-order valence-electron chi connectivity index (χ4n) is 2.49. The van der Waals surface area contributed by atoms with Gasteiger partial charge in [-0.15, -0.1) is 0 Å². The van der Waals surface area contributed by atoms with Crippen LogP contribution in [0.5, 0.6) is 0 Å². The van der Waals surface area contributed by atoms with Gasteiger partial charge in [-0.2, -0.15) is 0 Å². The van der Waals surface area contributed by atoms with E-state index in [-0.39, 0.29) is 30.4 Å². The van der Waals surface area contributed by atoms with Gasteiger partial charge < -0.3 is 9.84 Å². The summed E-state index contributed by atoms with van der Waals surface area (Å²) in [7, 11) is -2.43. The van der Waals surface area contributed by atoms with Crippen molar-refractivity contribution in [2.24, 2.45) is 0 Å². The fourth-order valence-corrected chi connectivity index (χ4v) is 3.95. The van der Waals surface area contributed by atoms with Gasteiger partial charge >= 0.3 is 5.97 Å². The van der Waals surface area contributed by atoms with Crippen molar-refractivity contribution in [2.75, 3.05) is 24.6 Å². The van der Waals surface area contributed by atoms with E-state index < -0.39 is 10.0 Å². The van der Waals surface area contributed by atoms with Crippen LogP contribution in [0, 0.1) is 6.92 Å². The summed E-state index contributed by atoms with van der Waals surface area (Å²) >= 11 is 0. The van der Waals surface area contributed by atoms with Gasteiger partial charge in [0.2, 0.25) is 0 Å². The molecule has 0 atom stereocenters. The SMILES string of the molecule is COC(=O)CCc1ccc(N(CCO)S(=O)(=O)c2ccc(C)cc2)cc1. The molecule has 0 aromatic heterocycles. The molecule has 0 spiro atoms. The summed E-state index contributed by atoms with van der Waals surface area (Å²) in [6.45, 7) is 1.54. The van der Waals surface area contributed by atoms with E-state index in [1.54, 1.807) is 48.5 Å². The zero-order chi connectivity index (χ0) is 19.2. The molecule has 140 valence electrons. The Balaban J connectivity index is 2.26. The summed E-state index contributed by atoms with van der Waals surface area (Å²) in [5, 5.41) is 9.32. The number of rotatable bonds is 8. The zero-order valence-electron chi connectivity index (χ0n) is 14.9. The molecule has 0 amide bonds. The van der Waals surface area contributed by atoms with Crippen molar-refractivity contribution < 1.29 is 23.1 Å². The van der Waals surface area contributed by atoms with Crippen molar-refractivity contribution in [1.29, 1.82) is 0 Å². The number of carbonyl (C=O) groups is 1. The topological polar surface area (TPSA) is 83.9 Å². The van der Waals surface area contributed by atoms with Gasteiger partial charge in [0, 0.05) is 6.42 Å². The number of benzene rings is 2. The van der Waals surface area contributed by atoms with Crippen LogP contribution in [-0.4, -0.2) is 39.8 Å². The molecule has 26 heavy (non-hydrogen) atoms. The Hall–Kier alpha value is -2.38. The Morgan fingerprint density at radius 2 is 1.69 bits per heavy atom. The molecule has 0 heterocycles. The molecule has 7 heteroatoms. The lowest BCUT2D eigenvalue weighted by Gasteiger charge is -2.24. The van der Waals surface area contributed by atoms with Crippen molar-refractivity contribution in [3.8, 4) is 0 Å². The Bertz CT molecular complexity index is 829. The molecule has 2 aromatic carbocycles. The predicted molar refractivity (Wildman–Crippen MR) is 99.6 cm³/mol. The number of hydrogen-bond acceptors (Lipinski definition) is 5. The van der Waals surface area contributed by atoms with E-state index in [0.717, 1.165) is 11.1 Å². The van der Waals surface area contributed by atoms with Crippen molar-refractivity contribution >= 4 is 21.7 Å². The maximum atomic E-state index is 12.9. The van der Waals surface area contributed by atoms with Crippen molar-refractivity contribution in [3.05, 3.63) is 59.7 Å². The van der Waals surface area contributed by atoms with Crippen LogP contribution in [0.1, 0.15) is 17.5 Å². The Morgan fingerprint density at radius 3 is 2.23 bits per heavy atom. The van der Waals surface area contributed by atoms with Crippen LogP contribution in [0.4, 0.5) is 5.69 Å². The van der Waals surface area contributed by atoms with Crippen molar-refractivity contribution in [3.63, 3.8) is 0 Å². The number of anilines is 1. The molecule has 2 rings (SSSR count). The van der Waals surface area contributed by atoms with E-state index in [1.807, 2.05) is 6.92 Å². The smallest absolute Gasteiger partial charge is 0.305 e. The summed E-state index contributed by atoms with van der Waals surface area (Å²) in [5.41, 5.74) is 2.32. The third-order valence-corrected chi connectivity index (χ3v) is 5.82. The van der Waals surface area contributed by atoms with E-state index in [2.05, 4.69) is 4.74 Å². The number of esters is 1. The molecule has 0 aliphatic heterocycles. The number of hydrogen-bond donors (Lipinski definition) is 1. The molecule has 0 unspecified atom stereocenters. The minimum Gasteiger partial charge on any atom is -0.469 e. The van der Waals surface area contributed by atoms with Gasteiger partial charge in [0.1, 0.15) is 0 Å². The van der Waals surface area contributed by atoms with Crippen LogP contribution in [0.25, 0.3) is 0 Å². The molecule has 1 N–H and O–H groups in total. The van der Waals surface area contributed by atoms with Crippen molar-refractivity contribution in [2.45, 2.75) is 24.7 Å². The number of carbonyl (C=O) groups excluding carboxylic acids is 1. The molecule has 0 radical (unpaired) electrons. The van der Waals surface area contributed by atoms with E-state index >= 15 is 0 Å². The maximum Gasteiger partial charge on any atom is 0.305 e. The summed E-state index contributed by atoms with van der Waals surface area (Å²) in [6.07, 6.45) is 0.773. The summed E-state index contributed by atoms with van der Waals surface area (Å²) in [6, 6.07) is 13.5. The van der Waals surface area contributed by atoms with Crippen LogP contribution in [0.3, 0.4) is 0 Å². The second kappa shape index (κ2) is 8.82. The van der Waals surface area contributed by atoms with Gasteiger partial charge in [-0.25, -0.2) is 8.42 Å². The Labute approximate surface area is 154 Å². The van der Waals surface area contributed by atoms with Crippen LogP contribution < -0.4 is 4.31 Å². The lowest BCUT2D eigenvalue weighted by Crippen LogP contribution is -2.33. The standard InChI is InChI=1S/C19H23NO5S/c1-15-3-10-18(11-4-15)26(23,24)20(13-14-21)17-8-5-16(6-9-17)7-12-19(22)25-2/h3-6,8-11,21H,7,12-14H2,1-2H3. The minimum atomic E-state index is -3.78. The fraction of sp³-hybridized carbons (Fsp3) is 0.316. The minimum absolute atomic E-state index is 0.0439. The number of aryl methyl sites for hydroxylation is 2. The summed E-state index contributed by atoms with van der Waals surface area (Å²) in [5.74, 6) is -0.294. The molecule has 6 nitrogen and oxygen atoms in total. The first kappa shape index (κ1) is 19.9. The van der Waals surface area contributed by atoms with E-state index in [4.69, 9.17) is 0 Å². The third-order valence-electron chi connectivity index (χ3n) is 3.98. The first-order chi connectivity index (χ1) is 12.4. The van der Waals surface area contributed by atoms with Crippen LogP contribution >= 0.6 is 0 Å². The maximum absolute atomic E-state index is 12.9. The highest BCUT2D eigenvalue weighted by molar-refractivity contribution is 7.92. The summed E-state index contributed by atoms with van der Waals surface area (Å²) < 4.78 is 31.6. The predicted octanol–water partition coefficient (Wildman–Crippen LogP) is 2.29. The third kappa shape index (κ3) is 4.83. The van der Waals surface area contributed by atoms with Crippen LogP contribution in [0.2, 0.25) is 0 Å². The number of ether oxygens (including phenoxy) is 1. The van der Waals surface area contributed by atoms with E-state index in [0.29, 0.717) is 12.1 Å². The lowest BCUT2D eigenvalue weighted by atomic mass is 10.1. The molecule has 2 aromatic rings. The van der Waals surface area contributed by atoms with Gasteiger partial charge in [-0.05, 0) is 43.2 Å². The van der Waals surface area contributed by atoms with E-state index in [9.17, 15) is 18.3 Å². The molecule has 0 saturated heterocycles. The van der Waals surface area contributed by atoms with Gasteiger partial charge in [-0.3, -0.25) is 9.10 Å². The number of sulfonamides is 1. The highest BCUT2D eigenvalue weighted by Gasteiger charge is 2.24. The average molecular weight is 377 g/mol. The second-order valence-corrected chi connectivity index (χ2v) is 7.72. The lowest BCUT2D eigenvalue weighted by molar-refractivity contribution is -0.140. The Morgan fingerprint density at radius 1 is 1.08 bits per heavy atom. The van der Waals surface area contributed by atoms with E-state index in [1.165, 1.54) is 11.4 Å². The number of methoxy groups -OCH3 is 1. The first-order valence-electron chi connectivity index (χ1n) is 8.24. The van der Waals surface area contributed by atoms with Crippen LogP contribution in [0.15, 0.2) is 53.4 Å². The zero-order valence-corrected chi connectivity index (χ0v) is 15.7. The molecule has 0 fully saturated rings. The first-order valence-corrected chi connectivity index (χ1v) is 9.68. The van der Waals surface area contributed by atoms with Crippen LogP contribution in [-0.2, 0) is 26.0 Å². The van der Waals surface area contributed by atoms with Gasteiger partial charge in [0.25, 0.3) is 10.0 Å². The highest BCUT2D eigenvalue weighted by atomic mass is 32.2. The Kier molecular flexibility index (Phi) is 6.76. The largest absolute Gasteiger partial charge is 0.469 e. The quantitative estimate of drug-likeness (QED) is 0.714. The van der Waals surface area contributed by atoms with Gasteiger partial charge in [0.05, 0.1) is 30.8 Å². The molecule has 0 aliphatic rings. The number of nitrogens with zero attached hydrogens (tertiary/aromatic N) is 1. The molecule has 0 aliphatic carbocycles. The monoisotopic (exact) mass is 377 g/mol. The summed E-state index contributed by atoms with van der Waals surface area (Å²) in [4.78, 5) is 11.4. The number of aliphatic hydroxyl groups excluding tert-OH is 1. The second-order valence-electron chi connectivity index (χ2n) is 5.86. The van der Waals surface area contributed by atoms with Gasteiger partial charge in [-0.1, -0.05) is 29.8 Å². The normalized spacial score (nSPS) is 11.2.